The van der Waals surface area contributed by atoms with E-state index in [1.165, 1.54) is 0 Å². The van der Waals surface area contributed by atoms with Gasteiger partial charge in [0.2, 0.25) is 11.8 Å². The summed E-state index contributed by atoms with van der Waals surface area (Å²) in [7, 11) is 1.75. The summed E-state index contributed by atoms with van der Waals surface area (Å²) in [6.07, 6.45) is 2.12. The Morgan fingerprint density at radius 2 is 1.87 bits per heavy atom. The molecule has 1 saturated carbocycles. The first kappa shape index (κ1) is 17.6. The van der Waals surface area contributed by atoms with Crippen molar-refractivity contribution in [1.82, 2.24) is 15.5 Å². The Labute approximate surface area is 141 Å². The summed E-state index contributed by atoms with van der Waals surface area (Å²) in [6, 6.07) is 7.39. The number of carbonyl (C=O) groups excluding carboxylic acids is 2. The van der Waals surface area contributed by atoms with E-state index in [2.05, 4.69) is 10.6 Å². The van der Waals surface area contributed by atoms with Crippen molar-refractivity contribution in [3.63, 3.8) is 0 Å². The Hall–Kier alpha value is -1.79. The van der Waals surface area contributed by atoms with Gasteiger partial charge in [-0.3, -0.25) is 14.5 Å². The first-order chi connectivity index (χ1) is 11.0. The first-order valence-electron chi connectivity index (χ1n) is 7.66. The number of likely N-dealkylation sites (N-methyl/N-ethyl adjacent to an activating group) is 1. The van der Waals surface area contributed by atoms with Crippen LogP contribution in [-0.2, 0) is 9.59 Å². The first-order valence-corrected chi connectivity index (χ1v) is 8.03. The summed E-state index contributed by atoms with van der Waals surface area (Å²) >= 11 is 5.78. The van der Waals surface area contributed by atoms with E-state index in [0.717, 1.165) is 12.8 Å². The Kier molecular flexibility index (Phi) is 6.67. The molecular weight excluding hydrogens is 318 g/mol. The van der Waals surface area contributed by atoms with Crippen LogP contribution < -0.4 is 15.4 Å². The predicted octanol–water partition coefficient (Wildman–Crippen LogP) is 1.05. The molecule has 0 unspecified atom stereocenters. The van der Waals surface area contributed by atoms with Gasteiger partial charge < -0.3 is 15.4 Å². The highest BCUT2D eigenvalue weighted by molar-refractivity contribution is 6.30. The lowest BCUT2D eigenvalue weighted by Gasteiger charge is -2.16. The Morgan fingerprint density at radius 1 is 1.22 bits per heavy atom. The molecule has 0 bridgehead atoms. The van der Waals surface area contributed by atoms with Gasteiger partial charge in [0.1, 0.15) is 12.4 Å². The molecule has 126 valence electrons. The van der Waals surface area contributed by atoms with Gasteiger partial charge in [-0.05, 0) is 44.2 Å². The zero-order valence-corrected chi connectivity index (χ0v) is 13.9. The van der Waals surface area contributed by atoms with Gasteiger partial charge in [-0.1, -0.05) is 11.6 Å². The minimum Gasteiger partial charge on any atom is -0.492 e. The molecule has 1 aliphatic rings. The monoisotopic (exact) mass is 339 g/mol. The third-order valence-electron chi connectivity index (χ3n) is 3.28. The molecule has 1 aliphatic carbocycles. The van der Waals surface area contributed by atoms with Gasteiger partial charge >= 0.3 is 0 Å². The summed E-state index contributed by atoms with van der Waals surface area (Å²) in [6.45, 7) is 1.19. The van der Waals surface area contributed by atoms with E-state index in [4.69, 9.17) is 16.3 Å². The van der Waals surface area contributed by atoms with Crippen molar-refractivity contribution in [3.8, 4) is 5.75 Å². The minimum atomic E-state index is -0.133. The van der Waals surface area contributed by atoms with Crippen LogP contribution in [-0.4, -0.2) is 56.0 Å². The highest BCUT2D eigenvalue weighted by Gasteiger charge is 2.23. The molecular formula is C16H22ClN3O3. The number of carbonyl (C=O) groups is 2. The normalized spacial score (nSPS) is 13.7. The Balaban J connectivity index is 1.55. The summed E-state index contributed by atoms with van der Waals surface area (Å²) in [5.74, 6) is 0.540. The highest BCUT2D eigenvalue weighted by atomic mass is 35.5. The topological polar surface area (TPSA) is 70.7 Å². The van der Waals surface area contributed by atoms with Gasteiger partial charge in [0.15, 0.2) is 0 Å². The number of benzene rings is 1. The number of amides is 2. The molecule has 1 aromatic rings. The van der Waals surface area contributed by atoms with Crippen LogP contribution >= 0.6 is 11.6 Å². The molecule has 1 fully saturated rings. The van der Waals surface area contributed by atoms with Gasteiger partial charge in [0, 0.05) is 11.1 Å². The molecule has 2 N–H and O–H groups in total. The van der Waals surface area contributed by atoms with Gasteiger partial charge in [-0.15, -0.1) is 0 Å². The van der Waals surface area contributed by atoms with Gasteiger partial charge in [-0.25, -0.2) is 0 Å². The largest absolute Gasteiger partial charge is 0.492 e. The van der Waals surface area contributed by atoms with Crippen molar-refractivity contribution in [2.75, 3.05) is 33.3 Å². The van der Waals surface area contributed by atoms with E-state index in [-0.39, 0.29) is 24.9 Å². The number of ether oxygens (including phenoxy) is 1. The van der Waals surface area contributed by atoms with Crippen LogP contribution in [0.4, 0.5) is 0 Å². The fourth-order valence-electron chi connectivity index (χ4n) is 1.99. The molecule has 23 heavy (non-hydrogen) atoms. The second-order valence-corrected chi connectivity index (χ2v) is 6.10. The van der Waals surface area contributed by atoms with Crippen molar-refractivity contribution >= 4 is 23.4 Å². The highest BCUT2D eigenvalue weighted by Crippen LogP contribution is 2.18. The maximum Gasteiger partial charge on any atom is 0.234 e. The maximum atomic E-state index is 11.8. The van der Waals surface area contributed by atoms with Gasteiger partial charge in [-0.2, -0.15) is 0 Å². The Bertz CT molecular complexity index is 532. The molecule has 0 aliphatic heterocycles. The second kappa shape index (κ2) is 8.74. The van der Waals surface area contributed by atoms with Gasteiger partial charge in [0.05, 0.1) is 19.6 Å². The lowest BCUT2D eigenvalue weighted by atomic mass is 10.3. The number of rotatable bonds is 9. The van der Waals surface area contributed by atoms with Crippen molar-refractivity contribution in [2.45, 2.75) is 18.9 Å². The average molecular weight is 340 g/mol. The van der Waals surface area contributed by atoms with E-state index in [1.807, 2.05) is 0 Å². The third kappa shape index (κ3) is 7.34. The molecule has 0 atom stereocenters. The van der Waals surface area contributed by atoms with E-state index < -0.39 is 0 Å². The summed E-state index contributed by atoms with van der Waals surface area (Å²) in [4.78, 5) is 25.1. The van der Waals surface area contributed by atoms with Crippen molar-refractivity contribution in [2.24, 2.45) is 0 Å². The molecule has 7 heteroatoms. The van der Waals surface area contributed by atoms with Crippen LogP contribution in [0.5, 0.6) is 5.75 Å². The standard InChI is InChI=1S/C16H22ClN3O3/c1-20(11-16(22)19-13-4-5-13)10-15(21)18-8-9-23-14-6-2-12(17)3-7-14/h2-3,6-7,13H,4-5,8-11H2,1H3,(H,18,21)(H,19,22). The SMILES string of the molecule is CN(CC(=O)NCCOc1ccc(Cl)cc1)CC(=O)NC1CC1. The smallest absolute Gasteiger partial charge is 0.234 e. The zero-order valence-electron chi connectivity index (χ0n) is 13.2. The maximum absolute atomic E-state index is 11.8. The number of hydrogen-bond acceptors (Lipinski definition) is 4. The zero-order chi connectivity index (χ0) is 16.7. The molecule has 0 heterocycles. The summed E-state index contributed by atoms with van der Waals surface area (Å²) < 4.78 is 5.48. The average Bonchev–Trinajstić information content (AvgIpc) is 3.29. The van der Waals surface area contributed by atoms with Crippen LogP contribution in [0, 0.1) is 0 Å². The third-order valence-corrected chi connectivity index (χ3v) is 3.53. The summed E-state index contributed by atoms with van der Waals surface area (Å²) in [5, 5.41) is 6.30. The number of nitrogens with zero attached hydrogens (tertiary/aromatic N) is 1. The number of halogens is 1. The quantitative estimate of drug-likeness (QED) is 0.660. The van der Waals surface area contributed by atoms with Crippen LogP contribution in [0.1, 0.15) is 12.8 Å². The van der Waals surface area contributed by atoms with E-state index in [9.17, 15) is 9.59 Å². The van der Waals surface area contributed by atoms with E-state index >= 15 is 0 Å². The van der Waals surface area contributed by atoms with Crippen LogP contribution in [0.25, 0.3) is 0 Å². The van der Waals surface area contributed by atoms with Crippen molar-refractivity contribution < 1.29 is 14.3 Å². The molecule has 1 aromatic carbocycles. The summed E-state index contributed by atoms with van der Waals surface area (Å²) in [5.41, 5.74) is 0. The lowest BCUT2D eigenvalue weighted by Crippen LogP contribution is -2.42. The number of nitrogens with one attached hydrogen (secondary N) is 2. The van der Waals surface area contributed by atoms with Crippen LogP contribution in [0.3, 0.4) is 0 Å². The lowest BCUT2D eigenvalue weighted by molar-refractivity contribution is -0.124. The van der Waals surface area contributed by atoms with E-state index in [0.29, 0.717) is 30.0 Å². The predicted molar refractivity (Wildman–Crippen MR) is 88.6 cm³/mol. The van der Waals surface area contributed by atoms with E-state index in [1.54, 1.807) is 36.2 Å². The van der Waals surface area contributed by atoms with Crippen molar-refractivity contribution in [1.29, 1.82) is 0 Å². The van der Waals surface area contributed by atoms with Crippen LogP contribution in [0.2, 0.25) is 5.02 Å². The molecule has 6 nitrogen and oxygen atoms in total. The Morgan fingerprint density at radius 3 is 2.52 bits per heavy atom. The molecule has 0 spiro atoms. The minimum absolute atomic E-state index is 0.0335. The number of hydrogen-bond donors (Lipinski definition) is 2. The molecule has 0 aromatic heterocycles. The molecule has 0 radical (unpaired) electrons. The second-order valence-electron chi connectivity index (χ2n) is 5.67. The fourth-order valence-corrected chi connectivity index (χ4v) is 2.12. The molecule has 2 rings (SSSR count). The molecule has 2 amide bonds. The molecule has 0 saturated heterocycles. The fraction of sp³-hybridized carbons (Fsp3) is 0.500. The van der Waals surface area contributed by atoms with Crippen molar-refractivity contribution in [3.05, 3.63) is 29.3 Å². The van der Waals surface area contributed by atoms with Crippen LogP contribution in [0.15, 0.2) is 24.3 Å². The van der Waals surface area contributed by atoms with Gasteiger partial charge in [0.25, 0.3) is 0 Å².